The molecule has 0 radical (unpaired) electrons. The van der Waals surface area contributed by atoms with E-state index >= 15 is 0 Å². The van der Waals surface area contributed by atoms with Crippen LogP contribution in [0.2, 0.25) is 0 Å². The van der Waals surface area contributed by atoms with Crippen molar-refractivity contribution in [3.63, 3.8) is 0 Å². The number of anilines is 1. The fourth-order valence-electron chi connectivity index (χ4n) is 1.95. The lowest BCUT2D eigenvalue weighted by molar-refractivity contribution is 0.0605. The molecule has 6 heteroatoms. The molecule has 0 saturated carbocycles. The molecule has 1 aliphatic rings. The predicted molar refractivity (Wildman–Crippen MR) is 70.2 cm³/mol. The van der Waals surface area contributed by atoms with Crippen LogP contribution in [0.1, 0.15) is 28.2 Å². The minimum Gasteiger partial charge on any atom is -0.465 e. The van der Waals surface area contributed by atoms with Crippen molar-refractivity contribution < 1.29 is 14.3 Å². The number of hydrogen-bond acceptors (Lipinski definition) is 6. The van der Waals surface area contributed by atoms with Gasteiger partial charge in [-0.25, -0.2) is 9.78 Å². The maximum Gasteiger partial charge on any atom is 0.350 e. The molecular formula is C12H18N2O3S. The van der Waals surface area contributed by atoms with E-state index in [2.05, 4.69) is 10.3 Å². The van der Waals surface area contributed by atoms with Gasteiger partial charge >= 0.3 is 5.97 Å². The molecule has 1 N–H and O–H groups in total. The van der Waals surface area contributed by atoms with Crippen LogP contribution in [0.15, 0.2) is 0 Å². The van der Waals surface area contributed by atoms with Crippen molar-refractivity contribution in [1.82, 2.24) is 4.98 Å². The van der Waals surface area contributed by atoms with Crippen LogP contribution < -0.4 is 5.32 Å². The average Bonchev–Trinajstić information content (AvgIpc) is 2.98. The van der Waals surface area contributed by atoms with Gasteiger partial charge in [-0.15, -0.1) is 0 Å². The van der Waals surface area contributed by atoms with Crippen molar-refractivity contribution in [2.75, 3.05) is 32.2 Å². The molecule has 0 aliphatic carbocycles. The summed E-state index contributed by atoms with van der Waals surface area (Å²) in [6, 6.07) is 0. The van der Waals surface area contributed by atoms with Gasteiger partial charge in [0.15, 0.2) is 5.13 Å². The van der Waals surface area contributed by atoms with E-state index in [1.54, 1.807) is 0 Å². The van der Waals surface area contributed by atoms with Crippen LogP contribution in [0.4, 0.5) is 5.13 Å². The van der Waals surface area contributed by atoms with Crippen LogP contribution in [0.25, 0.3) is 0 Å². The van der Waals surface area contributed by atoms with Crippen molar-refractivity contribution in [2.24, 2.45) is 5.92 Å². The zero-order valence-electron chi connectivity index (χ0n) is 10.7. The van der Waals surface area contributed by atoms with Gasteiger partial charge in [-0.2, -0.15) is 0 Å². The van der Waals surface area contributed by atoms with Gasteiger partial charge in [-0.1, -0.05) is 11.3 Å². The van der Waals surface area contributed by atoms with Crippen molar-refractivity contribution in [3.05, 3.63) is 10.6 Å². The van der Waals surface area contributed by atoms with E-state index in [1.807, 2.05) is 6.92 Å². The minimum atomic E-state index is -0.317. The molecule has 100 valence electrons. The van der Waals surface area contributed by atoms with Gasteiger partial charge in [-0.05, 0) is 25.7 Å². The normalized spacial score (nSPS) is 18.9. The first kappa shape index (κ1) is 13.3. The summed E-state index contributed by atoms with van der Waals surface area (Å²) < 4.78 is 10.0. The lowest BCUT2D eigenvalue weighted by Gasteiger charge is -2.07. The Morgan fingerprint density at radius 3 is 3.17 bits per heavy atom. The zero-order valence-corrected chi connectivity index (χ0v) is 11.5. The predicted octanol–water partition coefficient (Wildman–Crippen LogP) is 2.08. The van der Waals surface area contributed by atoms with Crippen LogP contribution >= 0.6 is 11.3 Å². The summed E-state index contributed by atoms with van der Waals surface area (Å²) in [5, 5.41) is 4.04. The summed E-state index contributed by atoms with van der Waals surface area (Å²) in [4.78, 5) is 16.3. The number of aryl methyl sites for hydroxylation is 1. The lowest BCUT2D eigenvalue weighted by atomic mass is 10.1. The summed E-state index contributed by atoms with van der Waals surface area (Å²) in [7, 11) is 1.38. The number of ether oxygens (including phenoxy) is 2. The summed E-state index contributed by atoms with van der Waals surface area (Å²) in [6.45, 7) is 4.43. The van der Waals surface area contributed by atoms with Gasteiger partial charge in [-0.3, -0.25) is 0 Å². The number of thiazole rings is 1. The summed E-state index contributed by atoms with van der Waals surface area (Å²) in [5.74, 6) is 0.334. The Kier molecular flexibility index (Phi) is 4.54. The molecule has 0 spiro atoms. The smallest absolute Gasteiger partial charge is 0.350 e. The molecule has 1 aromatic rings. The van der Waals surface area contributed by atoms with Crippen LogP contribution in [-0.4, -0.2) is 37.8 Å². The number of carbonyl (C=O) groups excluding carboxylic acids is 1. The molecule has 0 bridgehead atoms. The third-order valence-corrected chi connectivity index (χ3v) is 4.12. The highest BCUT2D eigenvalue weighted by atomic mass is 32.1. The second-order valence-electron chi connectivity index (χ2n) is 4.37. The highest BCUT2D eigenvalue weighted by Crippen LogP contribution is 2.24. The molecule has 1 aromatic heterocycles. The van der Waals surface area contributed by atoms with Gasteiger partial charge in [0.25, 0.3) is 0 Å². The fraction of sp³-hybridized carbons (Fsp3) is 0.667. The van der Waals surface area contributed by atoms with Gasteiger partial charge < -0.3 is 14.8 Å². The quantitative estimate of drug-likeness (QED) is 0.830. The van der Waals surface area contributed by atoms with E-state index in [9.17, 15) is 4.79 Å². The number of aromatic nitrogens is 1. The maximum atomic E-state index is 11.4. The number of rotatable bonds is 5. The summed E-state index contributed by atoms with van der Waals surface area (Å²) >= 11 is 1.35. The van der Waals surface area contributed by atoms with E-state index in [1.165, 1.54) is 18.4 Å². The molecule has 1 fully saturated rings. The Hall–Kier alpha value is -1.14. The Bertz CT molecular complexity index is 413. The number of methoxy groups -OCH3 is 1. The molecule has 2 rings (SSSR count). The number of hydrogen-bond donors (Lipinski definition) is 1. The van der Waals surface area contributed by atoms with E-state index in [0.717, 1.165) is 43.4 Å². The molecule has 0 aromatic carbocycles. The van der Waals surface area contributed by atoms with Crippen molar-refractivity contribution >= 4 is 22.4 Å². The van der Waals surface area contributed by atoms with Crippen LogP contribution in [0.5, 0.6) is 0 Å². The summed E-state index contributed by atoms with van der Waals surface area (Å²) in [6.07, 6.45) is 2.22. The number of esters is 1. The highest BCUT2D eigenvalue weighted by Gasteiger charge is 2.17. The first-order valence-electron chi connectivity index (χ1n) is 6.08. The second kappa shape index (κ2) is 6.15. The van der Waals surface area contributed by atoms with Crippen LogP contribution in [0.3, 0.4) is 0 Å². The first-order chi connectivity index (χ1) is 8.70. The Morgan fingerprint density at radius 2 is 2.50 bits per heavy atom. The van der Waals surface area contributed by atoms with Gasteiger partial charge in [0.2, 0.25) is 0 Å². The number of nitrogens with one attached hydrogen (secondary N) is 1. The van der Waals surface area contributed by atoms with E-state index in [4.69, 9.17) is 9.47 Å². The molecule has 5 nitrogen and oxygen atoms in total. The average molecular weight is 270 g/mol. The Morgan fingerprint density at radius 1 is 1.67 bits per heavy atom. The Balaban J connectivity index is 1.83. The van der Waals surface area contributed by atoms with E-state index < -0.39 is 0 Å². The van der Waals surface area contributed by atoms with Gasteiger partial charge in [0.1, 0.15) is 4.88 Å². The van der Waals surface area contributed by atoms with Gasteiger partial charge in [0, 0.05) is 19.8 Å². The number of carbonyl (C=O) groups is 1. The van der Waals surface area contributed by atoms with Crippen LogP contribution in [0, 0.1) is 12.8 Å². The third-order valence-electron chi connectivity index (χ3n) is 3.02. The van der Waals surface area contributed by atoms with Crippen molar-refractivity contribution in [3.8, 4) is 0 Å². The van der Waals surface area contributed by atoms with Gasteiger partial charge in [0.05, 0.1) is 12.8 Å². The number of nitrogens with zero attached hydrogens (tertiary/aromatic N) is 1. The minimum absolute atomic E-state index is 0.317. The lowest BCUT2D eigenvalue weighted by Crippen LogP contribution is -2.08. The standard InChI is InChI=1S/C12H18N2O3S/c1-8-10(11(15)16-2)18-12(14-8)13-5-3-9-4-6-17-7-9/h9H,3-7H2,1-2H3,(H,13,14). The van der Waals surface area contributed by atoms with Crippen molar-refractivity contribution in [1.29, 1.82) is 0 Å². The zero-order chi connectivity index (χ0) is 13.0. The highest BCUT2D eigenvalue weighted by molar-refractivity contribution is 7.17. The Labute approximate surface area is 111 Å². The molecule has 1 aliphatic heterocycles. The monoisotopic (exact) mass is 270 g/mol. The topological polar surface area (TPSA) is 60.5 Å². The largest absolute Gasteiger partial charge is 0.465 e. The molecule has 1 unspecified atom stereocenters. The fourth-order valence-corrected chi connectivity index (χ4v) is 2.86. The maximum absolute atomic E-state index is 11.4. The SMILES string of the molecule is COC(=O)c1sc(NCCC2CCOC2)nc1C. The van der Waals surface area contributed by atoms with Crippen molar-refractivity contribution in [2.45, 2.75) is 19.8 Å². The summed E-state index contributed by atoms with van der Waals surface area (Å²) in [5.41, 5.74) is 0.721. The van der Waals surface area contributed by atoms with E-state index in [0.29, 0.717) is 10.8 Å². The molecule has 1 saturated heterocycles. The second-order valence-corrected chi connectivity index (χ2v) is 5.37. The first-order valence-corrected chi connectivity index (χ1v) is 6.89. The van der Waals surface area contributed by atoms with Crippen LogP contribution in [-0.2, 0) is 9.47 Å². The molecule has 1 atom stereocenters. The molecule has 18 heavy (non-hydrogen) atoms. The van der Waals surface area contributed by atoms with E-state index in [-0.39, 0.29) is 5.97 Å². The third kappa shape index (κ3) is 3.20. The molecule has 0 amide bonds. The molecule has 2 heterocycles. The molecular weight excluding hydrogens is 252 g/mol.